The van der Waals surface area contributed by atoms with Gasteiger partial charge in [0.15, 0.2) is 12.1 Å². The molecule has 4 heteroatoms. The summed E-state index contributed by atoms with van der Waals surface area (Å²) in [4.78, 5) is 18.2. The highest BCUT2D eigenvalue weighted by Crippen LogP contribution is 2.05. The third-order valence-corrected chi connectivity index (χ3v) is 1.50. The van der Waals surface area contributed by atoms with E-state index in [0.29, 0.717) is 17.7 Å². The van der Waals surface area contributed by atoms with Crippen LogP contribution in [-0.2, 0) is 0 Å². The minimum atomic E-state index is 0.223. The van der Waals surface area contributed by atoms with Crippen LogP contribution in [0.3, 0.4) is 0 Å². The van der Waals surface area contributed by atoms with Gasteiger partial charge in [0.25, 0.3) is 0 Å². The van der Waals surface area contributed by atoms with Crippen LogP contribution in [-0.4, -0.2) is 16.3 Å². The lowest BCUT2D eigenvalue weighted by Crippen LogP contribution is -2.00. The number of carbonyl (C=O) groups is 1. The Balaban J connectivity index is 2.95. The monoisotopic (exact) mass is 177 g/mol. The summed E-state index contributed by atoms with van der Waals surface area (Å²) in [5.74, 6) is 0.755. The number of hydrogen-bond donors (Lipinski definition) is 1. The van der Waals surface area contributed by atoms with E-state index in [1.165, 1.54) is 6.20 Å². The SMILES string of the molecule is CC/C=C/c1ncc(C=O)c(N)n1. The maximum absolute atomic E-state index is 10.4. The molecule has 0 aliphatic carbocycles. The molecule has 0 aliphatic heterocycles. The summed E-state index contributed by atoms with van der Waals surface area (Å²) in [6.45, 7) is 2.01. The molecule has 0 spiro atoms. The molecule has 0 atom stereocenters. The van der Waals surface area contributed by atoms with E-state index in [1.54, 1.807) is 6.08 Å². The molecule has 0 saturated heterocycles. The molecular formula is C9H11N3O. The van der Waals surface area contributed by atoms with Crippen molar-refractivity contribution in [2.75, 3.05) is 5.73 Å². The second-order valence-electron chi connectivity index (χ2n) is 2.50. The average Bonchev–Trinajstić information content (AvgIpc) is 2.15. The van der Waals surface area contributed by atoms with Crippen LogP contribution in [0, 0.1) is 0 Å². The average molecular weight is 177 g/mol. The van der Waals surface area contributed by atoms with Crippen LogP contribution in [0.4, 0.5) is 5.82 Å². The van der Waals surface area contributed by atoms with Crippen molar-refractivity contribution >= 4 is 18.2 Å². The number of aromatic nitrogens is 2. The van der Waals surface area contributed by atoms with Gasteiger partial charge in [0.2, 0.25) is 0 Å². The molecule has 1 heterocycles. The lowest BCUT2D eigenvalue weighted by Gasteiger charge is -1.97. The van der Waals surface area contributed by atoms with Gasteiger partial charge in [-0.25, -0.2) is 9.97 Å². The zero-order chi connectivity index (χ0) is 9.68. The molecule has 0 bridgehead atoms. The number of nitrogens with two attached hydrogens (primary N) is 1. The lowest BCUT2D eigenvalue weighted by atomic mass is 10.3. The number of allylic oxidation sites excluding steroid dienone is 1. The van der Waals surface area contributed by atoms with Crippen molar-refractivity contribution in [3.63, 3.8) is 0 Å². The molecule has 0 amide bonds. The zero-order valence-electron chi connectivity index (χ0n) is 7.40. The largest absolute Gasteiger partial charge is 0.383 e. The van der Waals surface area contributed by atoms with E-state index in [4.69, 9.17) is 5.73 Å². The van der Waals surface area contributed by atoms with Crippen LogP contribution in [0.5, 0.6) is 0 Å². The molecule has 0 aliphatic rings. The van der Waals surface area contributed by atoms with E-state index in [2.05, 4.69) is 9.97 Å². The van der Waals surface area contributed by atoms with Gasteiger partial charge in [0.05, 0.1) is 5.56 Å². The van der Waals surface area contributed by atoms with Crippen molar-refractivity contribution in [3.8, 4) is 0 Å². The van der Waals surface area contributed by atoms with Gasteiger partial charge in [-0.1, -0.05) is 13.0 Å². The molecule has 68 valence electrons. The summed E-state index contributed by atoms with van der Waals surface area (Å²) in [6, 6.07) is 0. The highest BCUT2D eigenvalue weighted by atomic mass is 16.1. The third-order valence-electron chi connectivity index (χ3n) is 1.50. The Morgan fingerprint density at radius 3 is 2.92 bits per heavy atom. The molecule has 1 rings (SSSR count). The van der Waals surface area contributed by atoms with E-state index in [1.807, 2.05) is 13.0 Å². The second kappa shape index (κ2) is 4.35. The summed E-state index contributed by atoms with van der Waals surface area (Å²) < 4.78 is 0. The molecule has 0 radical (unpaired) electrons. The number of nitrogen functional groups attached to an aromatic ring is 1. The molecular weight excluding hydrogens is 166 g/mol. The maximum atomic E-state index is 10.4. The molecule has 2 N–H and O–H groups in total. The van der Waals surface area contributed by atoms with Crippen LogP contribution >= 0.6 is 0 Å². The second-order valence-corrected chi connectivity index (χ2v) is 2.50. The maximum Gasteiger partial charge on any atom is 0.155 e. The first-order valence-electron chi connectivity index (χ1n) is 4.02. The summed E-state index contributed by atoms with van der Waals surface area (Å²) in [6.07, 6.45) is 6.67. The summed E-state index contributed by atoms with van der Waals surface area (Å²) in [7, 11) is 0. The quantitative estimate of drug-likeness (QED) is 0.706. The Morgan fingerprint density at radius 1 is 1.62 bits per heavy atom. The first-order chi connectivity index (χ1) is 6.27. The van der Waals surface area contributed by atoms with Crippen LogP contribution in [0.25, 0.3) is 6.08 Å². The van der Waals surface area contributed by atoms with Crippen LogP contribution < -0.4 is 5.73 Å². The van der Waals surface area contributed by atoms with Gasteiger partial charge < -0.3 is 5.73 Å². The topological polar surface area (TPSA) is 68.9 Å². The molecule has 0 fully saturated rings. The Labute approximate surface area is 76.5 Å². The molecule has 1 aromatic rings. The molecule has 0 saturated carbocycles. The Kier molecular flexibility index (Phi) is 3.14. The summed E-state index contributed by atoms with van der Waals surface area (Å²) >= 11 is 0. The number of nitrogens with zero attached hydrogens (tertiary/aromatic N) is 2. The third kappa shape index (κ3) is 2.37. The fraction of sp³-hybridized carbons (Fsp3) is 0.222. The standard InChI is InChI=1S/C9H11N3O/c1-2-3-4-8-11-5-7(6-13)9(10)12-8/h3-6H,2H2,1H3,(H2,10,11,12)/b4-3+. The van der Waals surface area contributed by atoms with Crippen LogP contribution in [0.2, 0.25) is 0 Å². The van der Waals surface area contributed by atoms with Crippen molar-refractivity contribution in [1.82, 2.24) is 9.97 Å². The first-order valence-corrected chi connectivity index (χ1v) is 4.02. The van der Waals surface area contributed by atoms with E-state index in [9.17, 15) is 4.79 Å². The smallest absolute Gasteiger partial charge is 0.155 e. The Hall–Kier alpha value is -1.71. The van der Waals surface area contributed by atoms with Gasteiger partial charge in [-0.3, -0.25) is 4.79 Å². The van der Waals surface area contributed by atoms with Crippen molar-refractivity contribution in [2.45, 2.75) is 13.3 Å². The highest BCUT2D eigenvalue weighted by molar-refractivity contribution is 5.81. The van der Waals surface area contributed by atoms with Gasteiger partial charge >= 0.3 is 0 Å². The van der Waals surface area contributed by atoms with Gasteiger partial charge in [0, 0.05) is 6.20 Å². The van der Waals surface area contributed by atoms with Gasteiger partial charge in [-0.2, -0.15) is 0 Å². The molecule has 4 nitrogen and oxygen atoms in total. The predicted octanol–water partition coefficient (Wildman–Crippen LogP) is 1.29. The van der Waals surface area contributed by atoms with Crippen molar-refractivity contribution in [3.05, 3.63) is 23.7 Å². The normalized spacial score (nSPS) is 10.5. The lowest BCUT2D eigenvalue weighted by molar-refractivity contribution is 0.112. The first kappa shape index (κ1) is 9.38. The van der Waals surface area contributed by atoms with Crippen molar-refractivity contribution < 1.29 is 4.79 Å². The van der Waals surface area contributed by atoms with Crippen LogP contribution in [0.1, 0.15) is 29.5 Å². The van der Waals surface area contributed by atoms with Crippen molar-refractivity contribution in [1.29, 1.82) is 0 Å². The fourth-order valence-corrected chi connectivity index (χ4v) is 0.813. The predicted molar refractivity (Wildman–Crippen MR) is 51.2 cm³/mol. The summed E-state index contributed by atoms with van der Waals surface area (Å²) in [5.41, 5.74) is 5.81. The summed E-state index contributed by atoms with van der Waals surface area (Å²) in [5, 5.41) is 0. The van der Waals surface area contributed by atoms with Crippen LogP contribution in [0.15, 0.2) is 12.3 Å². The number of aldehydes is 1. The van der Waals surface area contributed by atoms with E-state index in [-0.39, 0.29) is 5.82 Å². The van der Waals surface area contributed by atoms with Gasteiger partial charge in [-0.15, -0.1) is 0 Å². The minimum absolute atomic E-state index is 0.223. The van der Waals surface area contributed by atoms with Gasteiger partial charge in [0.1, 0.15) is 5.82 Å². The zero-order valence-corrected chi connectivity index (χ0v) is 7.40. The molecule has 1 aromatic heterocycles. The Bertz CT molecular complexity index is 334. The molecule has 0 unspecified atom stereocenters. The minimum Gasteiger partial charge on any atom is -0.383 e. The number of rotatable bonds is 3. The number of carbonyl (C=O) groups excluding carboxylic acids is 1. The number of anilines is 1. The number of hydrogen-bond acceptors (Lipinski definition) is 4. The van der Waals surface area contributed by atoms with Crippen molar-refractivity contribution in [2.24, 2.45) is 0 Å². The molecule has 13 heavy (non-hydrogen) atoms. The van der Waals surface area contributed by atoms with Gasteiger partial charge in [-0.05, 0) is 12.5 Å². The Morgan fingerprint density at radius 2 is 2.38 bits per heavy atom. The highest BCUT2D eigenvalue weighted by Gasteiger charge is 1.99. The fourth-order valence-electron chi connectivity index (χ4n) is 0.813. The molecule has 0 aromatic carbocycles. The van der Waals surface area contributed by atoms with E-state index < -0.39 is 0 Å². The van der Waals surface area contributed by atoms with E-state index >= 15 is 0 Å². The van der Waals surface area contributed by atoms with E-state index in [0.717, 1.165) is 6.42 Å².